The summed E-state index contributed by atoms with van der Waals surface area (Å²) in [7, 11) is 3.14. The molecule has 3 aromatic rings. The second-order valence-electron chi connectivity index (χ2n) is 6.65. The lowest BCUT2D eigenvalue weighted by atomic mass is 10.1. The van der Waals surface area contributed by atoms with Crippen LogP contribution in [0, 0.1) is 13.8 Å². The highest BCUT2D eigenvalue weighted by molar-refractivity contribution is 5.92. The molecule has 150 valence electrons. The number of aromatic nitrogens is 1. The molecule has 0 aliphatic rings. The summed E-state index contributed by atoms with van der Waals surface area (Å²) >= 11 is 0. The molecule has 0 unspecified atom stereocenters. The number of amides is 1. The van der Waals surface area contributed by atoms with Gasteiger partial charge in [0.05, 0.1) is 32.5 Å². The molecule has 0 spiro atoms. The van der Waals surface area contributed by atoms with E-state index in [1.165, 1.54) is 5.56 Å². The molecule has 3 rings (SSSR count). The number of hydrogen-bond donors (Lipinski definition) is 1. The van der Waals surface area contributed by atoms with Crippen molar-refractivity contribution in [1.82, 2.24) is 4.98 Å². The number of nitrogens with one attached hydrogen (secondary N) is 1. The molecule has 29 heavy (non-hydrogen) atoms. The molecule has 0 atom stereocenters. The van der Waals surface area contributed by atoms with Crippen LogP contribution in [0.5, 0.6) is 23.1 Å². The van der Waals surface area contributed by atoms with Crippen molar-refractivity contribution < 1.29 is 19.0 Å². The predicted octanol–water partition coefficient (Wildman–Crippen LogP) is 4.69. The van der Waals surface area contributed by atoms with Crippen LogP contribution in [0.15, 0.2) is 54.7 Å². The molecule has 0 bridgehead atoms. The Balaban J connectivity index is 1.60. The zero-order valence-electron chi connectivity index (χ0n) is 17.0. The molecule has 0 fully saturated rings. The molecule has 0 saturated carbocycles. The number of benzene rings is 2. The number of methoxy groups -OCH3 is 2. The number of hydrogen-bond acceptors (Lipinski definition) is 5. The lowest BCUT2D eigenvalue weighted by Crippen LogP contribution is -2.14. The van der Waals surface area contributed by atoms with Gasteiger partial charge in [-0.15, -0.1) is 0 Å². The van der Waals surface area contributed by atoms with Gasteiger partial charge in [-0.3, -0.25) is 4.79 Å². The van der Waals surface area contributed by atoms with Crippen molar-refractivity contribution in [3.63, 3.8) is 0 Å². The molecule has 2 aromatic carbocycles. The van der Waals surface area contributed by atoms with Crippen LogP contribution in [0.25, 0.3) is 0 Å². The SMILES string of the molecule is COc1ccc(CC(=O)Nc2ccc(Oc3ccc(C)c(C)c3)nc2)cc1OC. The van der Waals surface area contributed by atoms with Crippen molar-refractivity contribution in [1.29, 1.82) is 0 Å². The lowest BCUT2D eigenvalue weighted by Gasteiger charge is -2.10. The Bertz CT molecular complexity index is 1000. The van der Waals surface area contributed by atoms with E-state index in [-0.39, 0.29) is 12.3 Å². The number of pyridine rings is 1. The summed E-state index contributed by atoms with van der Waals surface area (Å²) in [5.41, 5.74) is 3.78. The molecule has 1 amide bonds. The maximum atomic E-state index is 12.3. The van der Waals surface area contributed by atoms with Crippen molar-refractivity contribution in [2.75, 3.05) is 19.5 Å². The van der Waals surface area contributed by atoms with Crippen LogP contribution >= 0.6 is 0 Å². The summed E-state index contributed by atoms with van der Waals surface area (Å²) in [6.07, 6.45) is 1.78. The van der Waals surface area contributed by atoms with Crippen molar-refractivity contribution >= 4 is 11.6 Å². The number of carbonyl (C=O) groups excluding carboxylic acids is 1. The third-order valence-corrected chi connectivity index (χ3v) is 4.53. The fourth-order valence-electron chi connectivity index (χ4n) is 2.79. The van der Waals surface area contributed by atoms with Crippen LogP contribution in [0.1, 0.15) is 16.7 Å². The van der Waals surface area contributed by atoms with Gasteiger partial charge >= 0.3 is 0 Å². The van der Waals surface area contributed by atoms with Crippen molar-refractivity contribution in [3.8, 4) is 23.1 Å². The standard InChI is InChI=1S/C23H24N2O4/c1-15-5-8-19(11-16(15)2)29-23-10-7-18(14-24-23)25-22(26)13-17-6-9-20(27-3)21(12-17)28-4/h5-12,14H,13H2,1-4H3,(H,25,26). The Labute approximate surface area is 170 Å². The van der Waals surface area contributed by atoms with Crippen molar-refractivity contribution in [2.24, 2.45) is 0 Å². The highest BCUT2D eigenvalue weighted by Gasteiger charge is 2.09. The normalized spacial score (nSPS) is 10.3. The fraction of sp³-hybridized carbons (Fsp3) is 0.217. The molecule has 1 aromatic heterocycles. The first-order valence-electron chi connectivity index (χ1n) is 9.20. The van der Waals surface area contributed by atoms with Gasteiger partial charge < -0.3 is 19.5 Å². The third-order valence-electron chi connectivity index (χ3n) is 4.53. The van der Waals surface area contributed by atoms with Gasteiger partial charge in [0.15, 0.2) is 11.5 Å². The molecular weight excluding hydrogens is 368 g/mol. The van der Waals surface area contributed by atoms with E-state index < -0.39 is 0 Å². The Kier molecular flexibility index (Phi) is 6.34. The minimum Gasteiger partial charge on any atom is -0.493 e. The predicted molar refractivity (Wildman–Crippen MR) is 112 cm³/mol. The summed E-state index contributed by atoms with van der Waals surface area (Å²) in [6, 6.07) is 14.8. The van der Waals surface area contributed by atoms with E-state index in [1.807, 2.05) is 31.2 Å². The van der Waals surface area contributed by atoms with Crippen LogP contribution in [0.3, 0.4) is 0 Å². The van der Waals surface area contributed by atoms with Crippen LogP contribution in [0.4, 0.5) is 5.69 Å². The topological polar surface area (TPSA) is 69.7 Å². The highest BCUT2D eigenvalue weighted by atomic mass is 16.5. The number of rotatable bonds is 7. The van der Waals surface area contributed by atoms with Crippen LogP contribution in [-0.4, -0.2) is 25.1 Å². The Morgan fingerprint density at radius 3 is 2.38 bits per heavy atom. The number of anilines is 1. The van der Waals surface area contributed by atoms with Crippen LogP contribution in [0.2, 0.25) is 0 Å². The van der Waals surface area contributed by atoms with Gasteiger partial charge in [-0.05, 0) is 60.9 Å². The quantitative estimate of drug-likeness (QED) is 0.632. The summed E-state index contributed by atoms with van der Waals surface area (Å²) in [4.78, 5) is 16.6. The largest absolute Gasteiger partial charge is 0.493 e. The van der Waals surface area contributed by atoms with E-state index in [2.05, 4.69) is 17.2 Å². The molecule has 0 radical (unpaired) electrons. The summed E-state index contributed by atoms with van der Waals surface area (Å²) in [5.74, 6) is 2.26. The van der Waals surface area contributed by atoms with Gasteiger partial charge in [0.1, 0.15) is 5.75 Å². The van der Waals surface area contributed by atoms with E-state index in [1.54, 1.807) is 44.7 Å². The maximum Gasteiger partial charge on any atom is 0.228 e. The smallest absolute Gasteiger partial charge is 0.228 e. The summed E-state index contributed by atoms with van der Waals surface area (Å²) in [6.45, 7) is 4.09. The highest BCUT2D eigenvalue weighted by Crippen LogP contribution is 2.28. The van der Waals surface area contributed by atoms with Gasteiger partial charge in [-0.25, -0.2) is 4.98 Å². The minimum atomic E-state index is -0.151. The average Bonchev–Trinajstić information content (AvgIpc) is 2.72. The number of ether oxygens (including phenoxy) is 3. The summed E-state index contributed by atoms with van der Waals surface area (Å²) in [5, 5.41) is 2.84. The van der Waals surface area contributed by atoms with E-state index in [0.29, 0.717) is 23.1 Å². The van der Waals surface area contributed by atoms with E-state index in [9.17, 15) is 4.79 Å². The first-order chi connectivity index (χ1) is 14.0. The van der Waals surface area contributed by atoms with Crippen LogP contribution < -0.4 is 19.5 Å². The zero-order chi connectivity index (χ0) is 20.8. The molecule has 0 saturated heterocycles. The monoisotopic (exact) mass is 392 g/mol. The first-order valence-corrected chi connectivity index (χ1v) is 9.20. The minimum absolute atomic E-state index is 0.151. The van der Waals surface area contributed by atoms with Gasteiger partial charge in [0.2, 0.25) is 11.8 Å². The lowest BCUT2D eigenvalue weighted by molar-refractivity contribution is -0.115. The second-order valence-corrected chi connectivity index (χ2v) is 6.65. The number of nitrogens with zero attached hydrogens (tertiary/aromatic N) is 1. The second kappa shape index (κ2) is 9.10. The molecule has 6 nitrogen and oxygen atoms in total. The van der Waals surface area contributed by atoms with Gasteiger partial charge in [0, 0.05) is 6.07 Å². The Morgan fingerprint density at radius 1 is 0.931 bits per heavy atom. The maximum absolute atomic E-state index is 12.3. The summed E-state index contributed by atoms with van der Waals surface area (Å²) < 4.78 is 16.3. The van der Waals surface area contributed by atoms with Crippen LogP contribution in [-0.2, 0) is 11.2 Å². The molecule has 0 aliphatic carbocycles. The first kappa shape index (κ1) is 20.2. The molecular formula is C23H24N2O4. The number of aryl methyl sites for hydroxylation is 2. The third kappa shape index (κ3) is 5.25. The Hall–Kier alpha value is -3.54. The Morgan fingerprint density at radius 2 is 1.72 bits per heavy atom. The van der Waals surface area contributed by atoms with Gasteiger partial charge in [-0.2, -0.15) is 0 Å². The fourth-order valence-corrected chi connectivity index (χ4v) is 2.79. The van der Waals surface area contributed by atoms with Crippen molar-refractivity contribution in [3.05, 3.63) is 71.4 Å². The van der Waals surface area contributed by atoms with Crippen molar-refractivity contribution in [2.45, 2.75) is 20.3 Å². The number of carbonyl (C=O) groups is 1. The van der Waals surface area contributed by atoms with E-state index in [0.717, 1.165) is 16.9 Å². The zero-order valence-corrected chi connectivity index (χ0v) is 17.0. The van der Waals surface area contributed by atoms with E-state index >= 15 is 0 Å². The van der Waals surface area contributed by atoms with Gasteiger partial charge in [-0.1, -0.05) is 12.1 Å². The molecule has 6 heteroatoms. The van der Waals surface area contributed by atoms with E-state index in [4.69, 9.17) is 14.2 Å². The molecule has 1 heterocycles. The molecule has 0 aliphatic heterocycles. The molecule has 1 N–H and O–H groups in total. The van der Waals surface area contributed by atoms with Gasteiger partial charge in [0.25, 0.3) is 0 Å². The average molecular weight is 392 g/mol.